The molecule has 0 spiro atoms. The van der Waals surface area contributed by atoms with Gasteiger partial charge in [0.05, 0.1) is 0 Å². The third-order valence-electron chi connectivity index (χ3n) is 3.82. The van der Waals surface area contributed by atoms with Crippen molar-refractivity contribution >= 4 is 28.5 Å². The van der Waals surface area contributed by atoms with E-state index in [1.165, 1.54) is 32.1 Å². The van der Waals surface area contributed by atoms with E-state index in [4.69, 9.17) is 0 Å². The van der Waals surface area contributed by atoms with Crippen LogP contribution in [0.4, 0.5) is 0 Å². The van der Waals surface area contributed by atoms with Gasteiger partial charge in [-0.15, -0.1) is 0 Å². The Balaban J connectivity index is 1.91. The minimum Gasteiger partial charge on any atom is -0.349 e. The first-order chi connectivity index (χ1) is 8.66. The fourth-order valence-electron chi connectivity index (χ4n) is 2.64. The molecule has 1 saturated carbocycles. The SMILES string of the molecule is CC(NC(=O)c1ccc(I)cc1)C1CCCCC1. The van der Waals surface area contributed by atoms with Crippen LogP contribution < -0.4 is 5.32 Å². The Morgan fingerprint density at radius 1 is 1.22 bits per heavy atom. The van der Waals surface area contributed by atoms with Crippen molar-refractivity contribution in [2.24, 2.45) is 5.92 Å². The summed E-state index contributed by atoms with van der Waals surface area (Å²) in [4.78, 5) is 12.1. The summed E-state index contributed by atoms with van der Waals surface area (Å²) in [7, 11) is 0. The fraction of sp³-hybridized carbons (Fsp3) is 0.533. The van der Waals surface area contributed by atoms with Gasteiger partial charge >= 0.3 is 0 Å². The second kappa shape index (κ2) is 6.55. The quantitative estimate of drug-likeness (QED) is 0.815. The lowest BCUT2D eigenvalue weighted by Crippen LogP contribution is -2.38. The van der Waals surface area contributed by atoms with Crippen LogP contribution in [0.2, 0.25) is 0 Å². The third kappa shape index (κ3) is 3.70. The third-order valence-corrected chi connectivity index (χ3v) is 4.54. The van der Waals surface area contributed by atoms with E-state index in [2.05, 4.69) is 34.8 Å². The highest BCUT2D eigenvalue weighted by Gasteiger charge is 2.21. The number of amides is 1. The predicted octanol–water partition coefficient (Wildman–Crippen LogP) is 3.99. The van der Waals surface area contributed by atoms with Gasteiger partial charge in [-0.25, -0.2) is 0 Å². The second-order valence-electron chi connectivity index (χ2n) is 5.17. The van der Waals surface area contributed by atoms with E-state index >= 15 is 0 Å². The van der Waals surface area contributed by atoms with Crippen molar-refractivity contribution < 1.29 is 4.79 Å². The summed E-state index contributed by atoms with van der Waals surface area (Å²) < 4.78 is 1.16. The van der Waals surface area contributed by atoms with E-state index < -0.39 is 0 Å². The molecule has 0 radical (unpaired) electrons. The molecule has 2 nitrogen and oxygen atoms in total. The Kier molecular flexibility index (Phi) is 5.03. The highest BCUT2D eigenvalue weighted by Crippen LogP contribution is 2.26. The molecule has 18 heavy (non-hydrogen) atoms. The first kappa shape index (κ1) is 13.8. The number of carbonyl (C=O) groups is 1. The van der Waals surface area contributed by atoms with Crippen LogP contribution in [0.3, 0.4) is 0 Å². The van der Waals surface area contributed by atoms with Crippen molar-refractivity contribution in [2.45, 2.75) is 45.1 Å². The molecule has 1 aromatic rings. The van der Waals surface area contributed by atoms with Crippen LogP contribution in [-0.2, 0) is 0 Å². The van der Waals surface area contributed by atoms with E-state index in [-0.39, 0.29) is 11.9 Å². The molecular weight excluding hydrogens is 337 g/mol. The zero-order valence-corrected chi connectivity index (χ0v) is 12.9. The summed E-state index contributed by atoms with van der Waals surface area (Å²) in [6, 6.07) is 8.02. The first-order valence-electron chi connectivity index (χ1n) is 6.73. The van der Waals surface area contributed by atoms with Gasteiger partial charge in [-0.2, -0.15) is 0 Å². The Hall–Kier alpha value is -0.580. The van der Waals surface area contributed by atoms with Crippen LogP contribution in [0, 0.1) is 9.49 Å². The Morgan fingerprint density at radius 3 is 2.44 bits per heavy atom. The number of carbonyl (C=O) groups excluding carboxylic acids is 1. The Bertz CT molecular complexity index is 395. The Labute approximate surface area is 123 Å². The molecule has 98 valence electrons. The maximum Gasteiger partial charge on any atom is 0.251 e. The second-order valence-corrected chi connectivity index (χ2v) is 6.41. The number of hydrogen-bond donors (Lipinski definition) is 1. The van der Waals surface area contributed by atoms with Crippen LogP contribution in [0.1, 0.15) is 49.4 Å². The minimum atomic E-state index is 0.0597. The standard InChI is InChI=1S/C15H20INO/c1-11(12-5-3-2-4-6-12)17-15(18)13-7-9-14(16)10-8-13/h7-12H,2-6H2,1H3,(H,17,18). The molecule has 1 fully saturated rings. The average molecular weight is 357 g/mol. The molecule has 1 aliphatic rings. The summed E-state index contributed by atoms with van der Waals surface area (Å²) in [5, 5.41) is 3.14. The molecule has 0 heterocycles. The monoisotopic (exact) mass is 357 g/mol. The van der Waals surface area contributed by atoms with E-state index in [1.807, 2.05) is 24.3 Å². The van der Waals surface area contributed by atoms with Gasteiger partial charge in [-0.1, -0.05) is 19.3 Å². The summed E-state index contributed by atoms with van der Waals surface area (Å²) in [5.41, 5.74) is 0.762. The first-order valence-corrected chi connectivity index (χ1v) is 7.81. The molecule has 1 amide bonds. The van der Waals surface area contributed by atoms with Crippen LogP contribution >= 0.6 is 22.6 Å². The summed E-state index contributed by atoms with van der Waals surface area (Å²) in [6.45, 7) is 2.14. The maximum atomic E-state index is 12.1. The number of hydrogen-bond acceptors (Lipinski definition) is 1. The zero-order chi connectivity index (χ0) is 13.0. The van der Waals surface area contributed by atoms with Gasteiger partial charge in [0.2, 0.25) is 0 Å². The highest BCUT2D eigenvalue weighted by molar-refractivity contribution is 14.1. The smallest absolute Gasteiger partial charge is 0.251 e. The lowest BCUT2D eigenvalue weighted by molar-refractivity contribution is 0.0919. The molecular formula is C15H20INO. The maximum absolute atomic E-state index is 12.1. The minimum absolute atomic E-state index is 0.0597. The van der Waals surface area contributed by atoms with E-state index in [0.717, 1.165) is 9.13 Å². The molecule has 1 aromatic carbocycles. The van der Waals surface area contributed by atoms with Crippen molar-refractivity contribution in [3.05, 3.63) is 33.4 Å². The van der Waals surface area contributed by atoms with Crippen LogP contribution in [0.5, 0.6) is 0 Å². The van der Waals surface area contributed by atoms with Crippen molar-refractivity contribution in [1.29, 1.82) is 0 Å². The summed E-state index contributed by atoms with van der Waals surface area (Å²) in [6.07, 6.45) is 6.50. The normalized spacial score (nSPS) is 18.3. The summed E-state index contributed by atoms with van der Waals surface area (Å²) >= 11 is 2.25. The van der Waals surface area contributed by atoms with Crippen molar-refractivity contribution in [1.82, 2.24) is 5.32 Å². The van der Waals surface area contributed by atoms with E-state index in [0.29, 0.717) is 5.92 Å². The van der Waals surface area contributed by atoms with Crippen molar-refractivity contribution in [3.8, 4) is 0 Å². The lowest BCUT2D eigenvalue weighted by Gasteiger charge is -2.28. The predicted molar refractivity (Wildman–Crippen MR) is 82.7 cm³/mol. The number of benzene rings is 1. The van der Waals surface area contributed by atoms with Crippen molar-refractivity contribution in [3.63, 3.8) is 0 Å². The average Bonchev–Trinajstić information content (AvgIpc) is 2.40. The molecule has 1 atom stereocenters. The molecule has 1 unspecified atom stereocenters. The topological polar surface area (TPSA) is 29.1 Å². The van der Waals surface area contributed by atoms with Gasteiger partial charge in [0.1, 0.15) is 0 Å². The van der Waals surface area contributed by atoms with E-state index in [1.54, 1.807) is 0 Å². The summed E-state index contributed by atoms with van der Waals surface area (Å²) in [5.74, 6) is 0.719. The molecule has 1 aliphatic carbocycles. The van der Waals surface area contributed by atoms with Gasteiger partial charge in [-0.3, -0.25) is 4.79 Å². The fourth-order valence-corrected chi connectivity index (χ4v) is 3.00. The largest absolute Gasteiger partial charge is 0.349 e. The van der Waals surface area contributed by atoms with Gasteiger partial charge in [0, 0.05) is 15.2 Å². The van der Waals surface area contributed by atoms with Crippen molar-refractivity contribution in [2.75, 3.05) is 0 Å². The number of nitrogens with one attached hydrogen (secondary N) is 1. The Morgan fingerprint density at radius 2 is 1.83 bits per heavy atom. The molecule has 0 bridgehead atoms. The van der Waals surface area contributed by atoms with Gasteiger partial charge in [0.25, 0.3) is 5.91 Å². The molecule has 1 N–H and O–H groups in total. The number of rotatable bonds is 3. The van der Waals surface area contributed by atoms with Gasteiger partial charge < -0.3 is 5.32 Å². The zero-order valence-electron chi connectivity index (χ0n) is 10.8. The number of halogens is 1. The molecule has 2 rings (SSSR count). The molecule has 0 aromatic heterocycles. The molecule has 3 heteroatoms. The van der Waals surface area contributed by atoms with Gasteiger partial charge in [0.15, 0.2) is 0 Å². The van der Waals surface area contributed by atoms with E-state index in [9.17, 15) is 4.79 Å². The van der Waals surface area contributed by atoms with Crippen LogP contribution in [0.25, 0.3) is 0 Å². The highest BCUT2D eigenvalue weighted by atomic mass is 127. The molecule has 0 saturated heterocycles. The van der Waals surface area contributed by atoms with Crippen LogP contribution in [-0.4, -0.2) is 11.9 Å². The van der Waals surface area contributed by atoms with Gasteiger partial charge in [-0.05, 0) is 72.5 Å². The molecule has 0 aliphatic heterocycles. The van der Waals surface area contributed by atoms with Crippen LogP contribution in [0.15, 0.2) is 24.3 Å². The lowest BCUT2D eigenvalue weighted by atomic mass is 9.84.